The molecule has 0 spiro atoms. The van der Waals surface area contributed by atoms with E-state index in [4.69, 9.17) is 5.11 Å². The number of fused-ring (bicyclic) bond motifs is 1. The highest BCUT2D eigenvalue weighted by Crippen LogP contribution is 2.19. The van der Waals surface area contributed by atoms with Gasteiger partial charge in [-0.25, -0.2) is 0 Å². The van der Waals surface area contributed by atoms with E-state index in [1.807, 2.05) is 24.3 Å². The van der Waals surface area contributed by atoms with Crippen molar-refractivity contribution in [3.8, 4) is 0 Å². The number of hydrogen-bond donors (Lipinski definition) is 1. The van der Waals surface area contributed by atoms with E-state index in [9.17, 15) is 9.59 Å². The Morgan fingerprint density at radius 3 is 2.52 bits per heavy atom. The van der Waals surface area contributed by atoms with E-state index in [0.29, 0.717) is 13.0 Å². The molecule has 1 amide bonds. The Kier molecular flexibility index (Phi) is 4.58. The molecule has 0 fully saturated rings. The Morgan fingerprint density at radius 1 is 1.14 bits per heavy atom. The fraction of sp³-hybridized carbons (Fsp3) is 0.294. The van der Waals surface area contributed by atoms with Gasteiger partial charge in [0.2, 0.25) is 5.91 Å². The first-order valence-electron chi connectivity index (χ1n) is 6.95. The zero-order valence-electron chi connectivity index (χ0n) is 12.2. The van der Waals surface area contributed by atoms with Crippen LogP contribution in [0, 0.1) is 5.92 Å². The molecule has 1 unspecified atom stereocenters. The second-order valence-corrected chi connectivity index (χ2v) is 5.21. The molecule has 4 nitrogen and oxygen atoms in total. The number of carboxylic acids is 1. The van der Waals surface area contributed by atoms with Crippen LogP contribution in [0.3, 0.4) is 0 Å². The molecule has 0 aromatic heterocycles. The van der Waals surface area contributed by atoms with Gasteiger partial charge in [-0.15, -0.1) is 0 Å². The lowest BCUT2D eigenvalue weighted by Crippen LogP contribution is -2.36. The maximum absolute atomic E-state index is 11.9. The largest absolute Gasteiger partial charge is 0.481 e. The molecular weight excluding hydrogens is 266 g/mol. The van der Waals surface area contributed by atoms with Gasteiger partial charge in [-0.2, -0.15) is 0 Å². The van der Waals surface area contributed by atoms with E-state index in [1.54, 1.807) is 7.05 Å². The van der Waals surface area contributed by atoms with Gasteiger partial charge in [0, 0.05) is 13.6 Å². The molecule has 0 saturated carbocycles. The number of amides is 1. The van der Waals surface area contributed by atoms with Crippen LogP contribution in [-0.4, -0.2) is 35.5 Å². The van der Waals surface area contributed by atoms with E-state index in [1.165, 1.54) is 22.6 Å². The minimum absolute atomic E-state index is 0.359. The fourth-order valence-electron chi connectivity index (χ4n) is 2.35. The van der Waals surface area contributed by atoms with Crippen molar-refractivity contribution in [3.63, 3.8) is 0 Å². The predicted molar refractivity (Wildman–Crippen MR) is 82.1 cm³/mol. The molecule has 2 aromatic rings. The molecule has 0 saturated heterocycles. The van der Waals surface area contributed by atoms with Gasteiger partial charge in [0.25, 0.3) is 0 Å². The first-order valence-corrected chi connectivity index (χ1v) is 6.95. The first kappa shape index (κ1) is 15.0. The maximum Gasteiger partial charge on any atom is 0.315 e. The number of hydrogen-bond acceptors (Lipinski definition) is 2. The number of rotatable bonds is 5. The lowest BCUT2D eigenvalue weighted by molar-refractivity contribution is -0.149. The van der Waals surface area contributed by atoms with Crippen LogP contribution in [-0.2, 0) is 16.0 Å². The highest BCUT2D eigenvalue weighted by molar-refractivity contribution is 5.96. The summed E-state index contributed by atoms with van der Waals surface area (Å²) in [4.78, 5) is 24.2. The molecule has 4 heteroatoms. The minimum atomic E-state index is -1.09. The van der Waals surface area contributed by atoms with E-state index < -0.39 is 11.9 Å². The zero-order chi connectivity index (χ0) is 15.4. The Hall–Kier alpha value is -2.36. The highest BCUT2D eigenvalue weighted by atomic mass is 16.4. The summed E-state index contributed by atoms with van der Waals surface area (Å²) in [7, 11) is 1.65. The fourth-order valence-corrected chi connectivity index (χ4v) is 2.35. The van der Waals surface area contributed by atoms with Crippen LogP contribution < -0.4 is 0 Å². The summed E-state index contributed by atoms with van der Waals surface area (Å²) in [6.45, 7) is 1.92. The summed E-state index contributed by atoms with van der Waals surface area (Å²) in [5.74, 6) is -2.44. The van der Waals surface area contributed by atoms with Gasteiger partial charge in [-0.1, -0.05) is 42.5 Å². The van der Waals surface area contributed by atoms with Crippen molar-refractivity contribution in [3.05, 3.63) is 48.0 Å². The van der Waals surface area contributed by atoms with Crippen LogP contribution in [0.5, 0.6) is 0 Å². The molecule has 0 aliphatic rings. The van der Waals surface area contributed by atoms with Crippen molar-refractivity contribution in [2.75, 3.05) is 13.6 Å². The number of likely N-dealkylation sites (N-methyl/N-ethyl adjacent to an activating group) is 1. The Labute approximate surface area is 124 Å². The second kappa shape index (κ2) is 6.39. The SMILES string of the molecule is CC(C(=O)O)C(=O)N(C)CCc1cccc2ccccc12. The molecule has 110 valence electrons. The number of carboxylic acid groups (broad SMARTS) is 1. The topological polar surface area (TPSA) is 57.6 Å². The van der Waals surface area contributed by atoms with Crippen LogP contribution >= 0.6 is 0 Å². The van der Waals surface area contributed by atoms with Crippen molar-refractivity contribution in [1.29, 1.82) is 0 Å². The van der Waals surface area contributed by atoms with E-state index in [2.05, 4.69) is 18.2 Å². The first-order chi connectivity index (χ1) is 10.0. The molecular formula is C17H19NO3. The van der Waals surface area contributed by atoms with Crippen LogP contribution in [0.4, 0.5) is 0 Å². The van der Waals surface area contributed by atoms with E-state index in [-0.39, 0.29) is 5.91 Å². The number of carbonyl (C=O) groups excluding carboxylic acids is 1. The third kappa shape index (κ3) is 3.40. The van der Waals surface area contributed by atoms with Crippen LogP contribution in [0.25, 0.3) is 10.8 Å². The number of benzene rings is 2. The number of carbonyl (C=O) groups is 2. The Morgan fingerprint density at radius 2 is 1.81 bits per heavy atom. The summed E-state index contributed by atoms with van der Waals surface area (Å²) in [5.41, 5.74) is 1.16. The predicted octanol–water partition coefficient (Wildman–Crippen LogP) is 2.56. The normalized spacial score (nSPS) is 12.1. The smallest absolute Gasteiger partial charge is 0.315 e. The van der Waals surface area contributed by atoms with Crippen molar-refractivity contribution >= 4 is 22.6 Å². The summed E-state index contributed by atoms with van der Waals surface area (Å²) in [6.07, 6.45) is 0.704. The van der Waals surface area contributed by atoms with Gasteiger partial charge in [-0.05, 0) is 29.7 Å². The standard InChI is InChI=1S/C17H19NO3/c1-12(17(20)21)16(19)18(2)11-10-14-8-5-7-13-6-3-4-9-15(13)14/h3-9,12H,10-11H2,1-2H3,(H,20,21). The molecule has 1 N–H and O–H groups in total. The minimum Gasteiger partial charge on any atom is -0.481 e. The molecule has 0 aliphatic carbocycles. The molecule has 0 heterocycles. The molecule has 2 aromatic carbocycles. The van der Waals surface area contributed by atoms with Crippen molar-refractivity contribution in [2.45, 2.75) is 13.3 Å². The van der Waals surface area contributed by atoms with Crippen molar-refractivity contribution in [1.82, 2.24) is 4.90 Å². The lowest BCUT2D eigenvalue weighted by atomic mass is 10.0. The van der Waals surface area contributed by atoms with Crippen LogP contribution in [0.2, 0.25) is 0 Å². The van der Waals surface area contributed by atoms with Crippen LogP contribution in [0.1, 0.15) is 12.5 Å². The van der Waals surface area contributed by atoms with Crippen LogP contribution in [0.15, 0.2) is 42.5 Å². The maximum atomic E-state index is 11.9. The molecule has 0 aliphatic heterocycles. The van der Waals surface area contributed by atoms with Gasteiger partial charge in [0.05, 0.1) is 0 Å². The Balaban J connectivity index is 2.08. The Bertz CT molecular complexity index is 661. The van der Waals surface area contributed by atoms with Crippen molar-refractivity contribution < 1.29 is 14.7 Å². The average molecular weight is 285 g/mol. The third-order valence-electron chi connectivity index (χ3n) is 3.71. The van der Waals surface area contributed by atoms with Gasteiger partial charge in [0.1, 0.15) is 5.92 Å². The molecule has 0 bridgehead atoms. The molecule has 1 atom stereocenters. The third-order valence-corrected chi connectivity index (χ3v) is 3.71. The monoisotopic (exact) mass is 285 g/mol. The summed E-state index contributed by atoms with van der Waals surface area (Å²) in [6, 6.07) is 14.2. The average Bonchev–Trinajstić information content (AvgIpc) is 2.50. The molecule has 2 rings (SSSR count). The highest BCUT2D eigenvalue weighted by Gasteiger charge is 2.23. The summed E-state index contributed by atoms with van der Waals surface area (Å²) < 4.78 is 0. The summed E-state index contributed by atoms with van der Waals surface area (Å²) in [5, 5.41) is 11.2. The second-order valence-electron chi connectivity index (χ2n) is 5.21. The lowest BCUT2D eigenvalue weighted by Gasteiger charge is -2.19. The van der Waals surface area contributed by atoms with Gasteiger partial charge >= 0.3 is 5.97 Å². The number of aliphatic carboxylic acids is 1. The summed E-state index contributed by atoms with van der Waals surface area (Å²) >= 11 is 0. The van der Waals surface area contributed by atoms with E-state index in [0.717, 1.165) is 5.56 Å². The van der Waals surface area contributed by atoms with E-state index >= 15 is 0 Å². The van der Waals surface area contributed by atoms with Crippen molar-refractivity contribution in [2.24, 2.45) is 5.92 Å². The molecule has 21 heavy (non-hydrogen) atoms. The molecule has 0 radical (unpaired) electrons. The van der Waals surface area contributed by atoms with Gasteiger partial charge in [-0.3, -0.25) is 9.59 Å². The quantitative estimate of drug-likeness (QED) is 0.859. The zero-order valence-corrected chi connectivity index (χ0v) is 12.2. The van der Waals surface area contributed by atoms with Gasteiger partial charge < -0.3 is 10.0 Å². The number of nitrogens with zero attached hydrogens (tertiary/aromatic N) is 1. The van der Waals surface area contributed by atoms with Gasteiger partial charge in [0.15, 0.2) is 0 Å².